The van der Waals surface area contributed by atoms with Crippen LogP contribution in [-0.2, 0) is 19.1 Å². The van der Waals surface area contributed by atoms with E-state index in [9.17, 15) is 9.59 Å². The Morgan fingerprint density at radius 2 is 1.70 bits per heavy atom. The highest BCUT2D eigenvalue weighted by Gasteiger charge is 2.49. The second kappa shape index (κ2) is 6.53. The molecule has 0 unspecified atom stereocenters. The van der Waals surface area contributed by atoms with Crippen molar-refractivity contribution in [1.29, 1.82) is 0 Å². The number of para-hydroxylation sites is 1. The first kappa shape index (κ1) is 17.8. The normalized spacial score (nSPS) is 24.4. The van der Waals surface area contributed by atoms with Gasteiger partial charge in [-0.1, -0.05) is 23.8 Å². The highest BCUT2D eigenvalue weighted by molar-refractivity contribution is 6.09. The van der Waals surface area contributed by atoms with Crippen molar-refractivity contribution in [2.24, 2.45) is 5.92 Å². The number of likely N-dealkylation sites (N-methyl/N-ethyl adjacent to an activating group) is 1. The zero-order valence-corrected chi connectivity index (χ0v) is 16.1. The van der Waals surface area contributed by atoms with Gasteiger partial charge in [-0.2, -0.15) is 0 Å². The van der Waals surface area contributed by atoms with Crippen LogP contribution in [0.15, 0.2) is 41.0 Å². The lowest BCUT2D eigenvalue weighted by Crippen LogP contribution is -2.45. The minimum absolute atomic E-state index is 0.156. The Morgan fingerprint density at radius 1 is 1.04 bits per heavy atom. The number of anilines is 1. The fourth-order valence-corrected chi connectivity index (χ4v) is 4.79. The predicted molar refractivity (Wildman–Crippen MR) is 102 cm³/mol. The summed E-state index contributed by atoms with van der Waals surface area (Å²) in [6.07, 6.45) is 0.865. The van der Waals surface area contributed by atoms with Crippen molar-refractivity contribution in [3.8, 4) is 0 Å². The van der Waals surface area contributed by atoms with Gasteiger partial charge in [0.2, 0.25) is 0 Å². The summed E-state index contributed by atoms with van der Waals surface area (Å²) in [4.78, 5) is 29.9. The lowest BCUT2D eigenvalue weighted by Gasteiger charge is -2.40. The van der Waals surface area contributed by atoms with Crippen molar-refractivity contribution >= 4 is 23.2 Å². The third-order valence-electron chi connectivity index (χ3n) is 5.98. The second-order valence-electron chi connectivity index (χ2n) is 7.34. The molecule has 2 aliphatic heterocycles. The first-order valence-electron chi connectivity index (χ1n) is 9.14. The second-order valence-corrected chi connectivity index (χ2v) is 7.34. The SMILES string of the molecule is COC(=O)C1=C(C(=O)OC)[C@H]2C(=C3CCN(C)C[C@@H]31)c1ccccc1N2C. The Morgan fingerprint density at radius 3 is 2.41 bits per heavy atom. The number of carbonyl (C=O) groups is 2. The zero-order chi connectivity index (χ0) is 19.3. The van der Waals surface area contributed by atoms with Gasteiger partial charge < -0.3 is 19.3 Å². The molecular formula is C21H24N2O4. The van der Waals surface area contributed by atoms with Crippen LogP contribution in [0.3, 0.4) is 0 Å². The molecular weight excluding hydrogens is 344 g/mol. The summed E-state index contributed by atoms with van der Waals surface area (Å²) >= 11 is 0. The number of fused-ring (bicyclic) bond motifs is 4. The Hall–Kier alpha value is -2.60. The molecule has 1 fully saturated rings. The number of nitrogens with zero attached hydrogens (tertiary/aromatic N) is 2. The molecule has 3 aliphatic rings. The number of hydrogen-bond donors (Lipinski definition) is 0. The van der Waals surface area contributed by atoms with Crippen LogP contribution >= 0.6 is 0 Å². The standard InChI is InChI=1S/C21H24N2O4/c1-22-10-9-12-14(11-22)17(20(24)26-3)18(21(25)27-4)19-16(12)13-7-5-6-8-15(13)23(19)2/h5-8,14,19H,9-11H2,1-4H3/t14-,19+/m0/s1. The van der Waals surface area contributed by atoms with E-state index in [0.717, 1.165) is 29.8 Å². The lowest BCUT2D eigenvalue weighted by molar-refractivity contribution is -0.140. The van der Waals surface area contributed by atoms with E-state index in [2.05, 4.69) is 21.9 Å². The van der Waals surface area contributed by atoms with Crippen molar-refractivity contribution in [3.63, 3.8) is 0 Å². The third kappa shape index (κ3) is 2.51. The van der Waals surface area contributed by atoms with Crippen molar-refractivity contribution < 1.29 is 19.1 Å². The quantitative estimate of drug-likeness (QED) is 0.743. The minimum atomic E-state index is -0.468. The zero-order valence-electron chi connectivity index (χ0n) is 16.1. The summed E-state index contributed by atoms with van der Waals surface area (Å²) in [5, 5.41) is 0. The number of ether oxygens (including phenoxy) is 2. The Bertz CT molecular complexity index is 886. The molecule has 0 aromatic heterocycles. The molecule has 6 heteroatoms. The molecule has 1 aliphatic carbocycles. The van der Waals surface area contributed by atoms with Gasteiger partial charge in [0.1, 0.15) is 0 Å². The molecule has 0 N–H and O–H groups in total. The molecule has 1 saturated heterocycles. The highest BCUT2D eigenvalue weighted by Crippen LogP contribution is 2.52. The molecule has 0 saturated carbocycles. The maximum absolute atomic E-state index is 12.8. The van der Waals surface area contributed by atoms with Gasteiger partial charge in [-0.05, 0) is 25.1 Å². The van der Waals surface area contributed by atoms with E-state index in [1.165, 1.54) is 19.8 Å². The topological polar surface area (TPSA) is 59.1 Å². The van der Waals surface area contributed by atoms with Gasteiger partial charge in [0.25, 0.3) is 0 Å². The number of esters is 2. The maximum atomic E-state index is 12.8. The molecule has 0 radical (unpaired) electrons. The van der Waals surface area contributed by atoms with Gasteiger partial charge in [-0.3, -0.25) is 0 Å². The number of carbonyl (C=O) groups excluding carboxylic acids is 2. The third-order valence-corrected chi connectivity index (χ3v) is 5.98. The van der Waals surface area contributed by atoms with Gasteiger partial charge in [-0.25, -0.2) is 9.59 Å². The summed E-state index contributed by atoms with van der Waals surface area (Å²) in [5.74, 6) is -1.07. The molecule has 0 spiro atoms. The van der Waals surface area contributed by atoms with E-state index in [-0.39, 0.29) is 12.0 Å². The average molecular weight is 368 g/mol. The molecule has 1 aromatic rings. The van der Waals surface area contributed by atoms with Crippen molar-refractivity contribution in [3.05, 3.63) is 46.5 Å². The van der Waals surface area contributed by atoms with Crippen molar-refractivity contribution in [2.45, 2.75) is 12.5 Å². The highest BCUT2D eigenvalue weighted by atomic mass is 16.5. The summed E-state index contributed by atoms with van der Waals surface area (Å²) in [6, 6.07) is 7.84. The van der Waals surface area contributed by atoms with Crippen LogP contribution in [0.2, 0.25) is 0 Å². The number of hydrogen-bond acceptors (Lipinski definition) is 6. The van der Waals surface area contributed by atoms with Crippen LogP contribution in [0.1, 0.15) is 12.0 Å². The molecule has 0 amide bonds. The molecule has 2 atom stereocenters. The molecule has 4 rings (SSSR count). The molecule has 2 heterocycles. The van der Waals surface area contributed by atoms with E-state index < -0.39 is 11.9 Å². The Kier molecular flexibility index (Phi) is 4.30. The molecule has 6 nitrogen and oxygen atoms in total. The Balaban J connectivity index is 2.01. The maximum Gasteiger partial charge on any atom is 0.336 e. The van der Waals surface area contributed by atoms with Gasteiger partial charge >= 0.3 is 11.9 Å². The summed E-state index contributed by atoms with van der Waals surface area (Å²) in [7, 11) is 6.72. The van der Waals surface area contributed by atoms with E-state index in [0.29, 0.717) is 17.7 Å². The summed E-state index contributed by atoms with van der Waals surface area (Å²) in [5.41, 5.74) is 5.44. The van der Waals surface area contributed by atoms with Crippen LogP contribution in [0.4, 0.5) is 5.69 Å². The number of methoxy groups -OCH3 is 2. The van der Waals surface area contributed by atoms with Gasteiger partial charge in [0, 0.05) is 37.3 Å². The minimum Gasteiger partial charge on any atom is -0.466 e. The number of piperidine rings is 1. The van der Waals surface area contributed by atoms with Gasteiger partial charge in [-0.15, -0.1) is 0 Å². The summed E-state index contributed by atoms with van der Waals surface area (Å²) < 4.78 is 10.2. The van der Waals surface area contributed by atoms with Crippen molar-refractivity contribution in [1.82, 2.24) is 4.90 Å². The summed E-state index contributed by atoms with van der Waals surface area (Å²) in [6.45, 7) is 1.61. The van der Waals surface area contributed by atoms with Gasteiger partial charge in [0.05, 0.1) is 31.4 Å². The number of rotatable bonds is 2. The molecule has 27 heavy (non-hydrogen) atoms. The monoisotopic (exact) mass is 368 g/mol. The van der Waals surface area contributed by atoms with Crippen LogP contribution in [-0.4, -0.2) is 64.3 Å². The number of likely N-dealkylation sites (tertiary alicyclic amines) is 1. The average Bonchev–Trinajstić information content (AvgIpc) is 2.98. The predicted octanol–water partition coefficient (Wildman–Crippen LogP) is 1.87. The van der Waals surface area contributed by atoms with E-state index in [1.54, 1.807) is 0 Å². The fourth-order valence-electron chi connectivity index (χ4n) is 4.79. The first-order valence-corrected chi connectivity index (χ1v) is 9.14. The smallest absolute Gasteiger partial charge is 0.336 e. The van der Waals surface area contributed by atoms with Crippen molar-refractivity contribution in [2.75, 3.05) is 46.3 Å². The molecule has 142 valence electrons. The molecule has 1 aromatic carbocycles. The van der Waals surface area contributed by atoms with E-state index >= 15 is 0 Å². The largest absolute Gasteiger partial charge is 0.466 e. The number of benzene rings is 1. The van der Waals surface area contributed by atoms with Crippen LogP contribution in [0.25, 0.3) is 5.57 Å². The Labute approximate surface area is 159 Å². The van der Waals surface area contributed by atoms with Gasteiger partial charge in [0.15, 0.2) is 0 Å². The first-order chi connectivity index (χ1) is 13.0. The lowest BCUT2D eigenvalue weighted by atomic mass is 9.71. The van der Waals surface area contributed by atoms with Crippen LogP contribution in [0, 0.1) is 5.92 Å². The fraction of sp³-hybridized carbons (Fsp3) is 0.429. The van der Waals surface area contributed by atoms with Crippen LogP contribution < -0.4 is 4.90 Å². The van der Waals surface area contributed by atoms with Crippen LogP contribution in [0.5, 0.6) is 0 Å². The van der Waals surface area contributed by atoms with E-state index in [4.69, 9.17) is 9.47 Å². The molecule has 0 bridgehead atoms. The van der Waals surface area contributed by atoms with E-state index in [1.807, 2.05) is 26.2 Å².